The molecule has 0 spiro atoms. The van der Waals surface area contributed by atoms with E-state index in [2.05, 4.69) is 13.0 Å². The number of rotatable bonds is 2. The standard InChI is InChI=1S/C13H15NO2/c1-8-4-9(2)11-6-10(3)14(7-13(15)16)12(11)5-8/h4-6H,7H2,1-3H3,(H,15,16). The molecular weight excluding hydrogens is 202 g/mol. The Balaban J connectivity index is 2.73. The Morgan fingerprint density at radius 3 is 2.56 bits per heavy atom. The second-order valence-corrected chi connectivity index (χ2v) is 4.28. The van der Waals surface area contributed by atoms with E-state index in [1.807, 2.05) is 30.5 Å². The van der Waals surface area contributed by atoms with Crippen LogP contribution in [0, 0.1) is 20.8 Å². The average Bonchev–Trinajstić information content (AvgIpc) is 2.45. The molecule has 0 aliphatic rings. The second-order valence-electron chi connectivity index (χ2n) is 4.28. The van der Waals surface area contributed by atoms with Gasteiger partial charge in [0.2, 0.25) is 0 Å². The SMILES string of the molecule is Cc1cc(C)c2cc(C)n(CC(=O)O)c2c1. The molecule has 16 heavy (non-hydrogen) atoms. The zero-order chi connectivity index (χ0) is 11.9. The van der Waals surface area contributed by atoms with E-state index in [1.165, 1.54) is 5.56 Å². The van der Waals surface area contributed by atoms with Gasteiger partial charge in [-0.3, -0.25) is 4.79 Å². The molecule has 0 amide bonds. The van der Waals surface area contributed by atoms with Crippen LogP contribution in [0.4, 0.5) is 0 Å². The minimum atomic E-state index is -0.806. The van der Waals surface area contributed by atoms with E-state index in [0.29, 0.717) is 0 Å². The third kappa shape index (κ3) is 1.69. The quantitative estimate of drug-likeness (QED) is 0.840. The predicted molar refractivity (Wildman–Crippen MR) is 63.8 cm³/mol. The first kappa shape index (κ1) is 10.7. The Morgan fingerprint density at radius 1 is 1.25 bits per heavy atom. The first-order valence-corrected chi connectivity index (χ1v) is 5.28. The van der Waals surface area contributed by atoms with Crippen molar-refractivity contribution in [3.8, 4) is 0 Å². The molecule has 3 nitrogen and oxygen atoms in total. The topological polar surface area (TPSA) is 42.2 Å². The first-order chi connectivity index (χ1) is 7.49. The number of carboxylic acid groups (broad SMARTS) is 1. The summed E-state index contributed by atoms with van der Waals surface area (Å²) in [6.45, 7) is 6.05. The fraction of sp³-hybridized carbons (Fsp3) is 0.308. The molecule has 0 atom stereocenters. The molecule has 3 heteroatoms. The van der Waals surface area contributed by atoms with Gasteiger partial charge < -0.3 is 9.67 Å². The van der Waals surface area contributed by atoms with Gasteiger partial charge in [-0.25, -0.2) is 0 Å². The Morgan fingerprint density at radius 2 is 1.94 bits per heavy atom. The molecule has 0 aliphatic heterocycles. The maximum absolute atomic E-state index is 10.8. The molecule has 0 saturated heterocycles. The highest BCUT2D eigenvalue weighted by molar-refractivity contribution is 5.86. The molecule has 0 unspecified atom stereocenters. The van der Waals surface area contributed by atoms with E-state index in [4.69, 9.17) is 5.11 Å². The van der Waals surface area contributed by atoms with Gasteiger partial charge in [0.05, 0.1) is 0 Å². The van der Waals surface area contributed by atoms with E-state index in [1.54, 1.807) is 0 Å². The van der Waals surface area contributed by atoms with Crippen molar-refractivity contribution in [1.29, 1.82) is 0 Å². The number of carbonyl (C=O) groups is 1. The van der Waals surface area contributed by atoms with Crippen molar-refractivity contribution in [2.45, 2.75) is 27.3 Å². The second kappa shape index (κ2) is 3.67. The minimum absolute atomic E-state index is 0.0260. The van der Waals surface area contributed by atoms with Gasteiger partial charge in [-0.15, -0.1) is 0 Å². The Kier molecular flexibility index (Phi) is 2.46. The van der Waals surface area contributed by atoms with Crippen LogP contribution in [0.5, 0.6) is 0 Å². The fourth-order valence-electron chi connectivity index (χ4n) is 2.19. The summed E-state index contributed by atoms with van der Waals surface area (Å²) in [6.07, 6.45) is 0. The lowest BCUT2D eigenvalue weighted by Gasteiger charge is -2.06. The summed E-state index contributed by atoms with van der Waals surface area (Å²) in [4.78, 5) is 10.8. The molecule has 0 bridgehead atoms. The molecular formula is C13H15NO2. The van der Waals surface area contributed by atoms with Crippen LogP contribution in [0.3, 0.4) is 0 Å². The van der Waals surface area contributed by atoms with E-state index in [9.17, 15) is 4.79 Å². The largest absolute Gasteiger partial charge is 0.480 e. The number of hydrogen-bond donors (Lipinski definition) is 1. The molecule has 1 N–H and O–H groups in total. The molecule has 0 fully saturated rings. The maximum atomic E-state index is 10.8. The van der Waals surface area contributed by atoms with Crippen LogP contribution in [0.25, 0.3) is 10.9 Å². The minimum Gasteiger partial charge on any atom is -0.480 e. The Bertz CT molecular complexity index is 567. The molecule has 1 aromatic heterocycles. The summed E-state index contributed by atoms with van der Waals surface area (Å²) in [5, 5.41) is 10.0. The van der Waals surface area contributed by atoms with E-state index < -0.39 is 5.97 Å². The summed E-state index contributed by atoms with van der Waals surface area (Å²) in [7, 11) is 0. The number of aliphatic carboxylic acids is 1. The summed E-state index contributed by atoms with van der Waals surface area (Å²) in [5.74, 6) is -0.806. The van der Waals surface area contributed by atoms with Crippen molar-refractivity contribution >= 4 is 16.9 Å². The van der Waals surface area contributed by atoms with E-state index in [-0.39, 0.29) is 6.54 Å². The summed E-state index contributed by atoms with van der Waals surface area (Å²) < 4.78 is 1.84. The van der Waals surface area contributed by atoms with Gasteiger partial charge in [0.15, 0.2) is 0 Å². The Hall–Kier alpha value is -1.77. The molecule has 0 saturated carbocycles. The van der Waals surface area contributed by atoms with Gasteiger partial charge >= 0.3 is 5.97 Å². The number of carboxylic acids is 1. The highest BCUT2D eigenvalue weighted by atomic mass is 16.4. The summed E-state index contributed by atoms with van der Waals surface area (Å²) in [5.41, 5.74) is 4.36. The predicted octanol–water partition coefficient (Wildman–Crippen LogP) is 2.65. The van der Waals surface area contributed by atoms with Crippen LogP contribution in [0.15, 0.2) is 18.2 Å². The van der Waals surface area contributed by atoms with Gasteiger partial charge in [0, 0.05) is 16.6 Å². The third-order valence-electron chi connectivity index (χ3n) is 2.87. The van der Waals surface area contributed by atoms with Gasteiger partial charge in [-0.05, 0) is 44.0 Å². The maximum Gasteiger partial charge on any atom is 0.323 e. The van der Waals surface area contributed by atoms with Gasteiger partial charge in [0.25, 0.3) is 0 Å². The molecule has 2 rings (SSSR count). The van der Waals surface area contributed by atoms with Crippen molar-refractivity contribution in [3.05, 3.63) is 35.0 Å². The van der Waals surface area contributed by atoms with Crippen molar-refractivity contribution in [1.82, 2.24) is 4.57 Å². The van der Waals surface area contributed by atoms with Crippen molar-refractivity contribution in [2.75, 3.05) is 0 Å². The molecule has 0 aliphatic carbocycles. The van der Waals surface area contributed by atoms with Crippen LogP contribution < -0.4 is 0 Å². The van der Waals surface area contributed by atoms with Crippen LogP contribution in [-0.2, 0) is 11.3 Å². The van der Waals surface area contributed by atoms with Gasteiger partial charge in [0.1, 0.15) is 6.54 Å². The zero-order valence-corrected chi connectivity index (χ0v) is 9.74. The highest BCUT2D eigenvalue weighted by Gasteiger charge is 2.10. The number of hydrogen-bond acceptors (Lipinski definition) is 1. The summed E-state index contributed by atoms with van der Waals surface area (Å²) in [6, 6.07) is 6.21. The number of aromatic nitrogens is 1. The third-order valence-corrected chi connectivity index (χ3v) is 2.87. The van der Waals surface area contributed by atoms with E-state index >= 15 is 0 Å². The smallest absolute Gasteiger partial charge is 0.323 e. The van der Waals surface area contributed by atoms with Crippen molar-refractivity contribution in [2.24, 2.45) is 0 Å². The summed E-state index contributed by atoms with van der Waals surface area (Å²) >= 11 is 0. The zero-order valence-electron chi connectivity index (χ0n) is 9.74. The van der Waals surface area contributed by atoms with Crippen LogP contribution in [-0.4, -0.2) is 15.6 Å². The molecule has 1 aromatic carbocycles. The van der Waals surface area contributed by atoms with Crippen LogP contribution >= 0.6 is 0 Å². The van der Waals surface area contributed by atoms with Crippen molar-refractivity contribution < 1.29 is 9.90 Å². The lowest BCUT2D eigenvalue weighted by atomic mass is 10.1. The molecule has 2 aromatic rings. The molecule has 1 heterocycles. The lowest BCUT2D eigenvalue weighted by molar-refractivity contribution is -0.137. The Labute approximate surface area is 94.3 Å². The molecule has 0 radical (unpaired) electrons. The fourth-order valence-corrected chi connectivity index (χ4v) is 2.19. The van der Waals surface area contributed by atoms with Gasteiger partial charge in [-0.1, -0.05) is 6.07 Å². The number of benzene rings is 1. The normalized spacial score (nSPS) is 10.9. The van der Waals surface area contributed by atoms with Crippen LogP contribution in [0.2, 0.25) is 0 Å². The first-order valence-electron chi connectivity index (χ1n) is 5.28. The average molecular weight is 217 g/mol. The number of fused-ring (bicyclic) bond motifs is 1. The monoisotopic (exact) mass is 217 g/mol. The number of aryl methyl sites for hydroxylation is 3. The van der Waals surface area contributed by atoms with Crippen LogP contribution in [0.1, 0.15) is 16.8 Å². The van der Waals surface area contributed by atoms with E-state index in [0.717, 1.165) is 22.2 Å². The number of nitrogens with zero attached hydrogens (tertiary/aromatic N) is 1. The lowest BCUT2D eigenvalue weighted by Crippen LogP contribution is -2.09. The molecule has 84 valence electrons. The highest BCUT2D eigenvalue weighted by Crippen LogP contribution is 2.24. The van der Waals surface area contributed by atoms with Gasteiger partial charge in [-0.2, -0.15) is 0 Å². The van der Waals surface area contributed by atoms with Crippen molar-refractivity contribution in [3.63, 3.8) is 0 Å².